The van der Waals surface area contributed by atoms with E-state index in [1.54, 1.807) is 27.8 Å². The summed E-state index contributed by atoms with van der Waals surface area (Å²) < 4.78 is 13.6. The van der Waals surface area contributed by atoms with E-state index in [9.17, 15) is 0 Å². The Labute approximate surface area is 383 Å². The summed E-state index contributed by atoms with van der Waals surface area (Å²) in [5.41, 5.74) is 14.5. The summed E-state index contributed by atoms with van der Waals surface area (Å²) in [7, 11) is -0.350. The van der Waals surface area contributed by atoms with Crippen molar-refractivity contribution in [1.29, 1.82) is 0 Å². The number of benzene rings is 3. The molecule has 1 saturated heterocycles. The average Bonchev–Trinajstić information content (AvgIpc) is 3.76. The zero-order valence-electron chi connectivity index (χ0n) is 41.8. The van der Waals surface area contributed by atoms with Crippen LogP contribution in [0.3, 0.4) is 0 Å². The molecule has 0 aromatic heterocycles. The Bertz CT molecular complexity index is 1800. The lowest BCUT2D eigenvalue weighted by Crippen LogP contribution is -2.41. The molecule has 3 aliphatic rings. The minimum atomic E-state index is -0.365. The molecule has 1 fully saturated rings. The molecule has 0 saturated carbocycles. The molecule has 0 atom stereocenters. The topological polar surface area (TPSA) is 18.5 Å². The van der Waals surface area contributed by atoms with Crippen LogP contribution in [0, 0.1) is 6.92 Å². The van der Waals surface area contributed by atoms with Gasteiger partial charge in [0.15, 0.2) is 0 Å². The highest BCUT2D eigenvalue weighted by Crippen LogP contribution is 2.61. The normalized spacial score (nSPS) is 17.3. The fourth-order valence-corrected chi connectivity index (χ4v) is 11.9. The van der Waals surface area contributed by atoms with Gasteiger partial charge in [0.05, 0.1) is 11.2 Å². The Morgan fingerprint density at radius 1 is 0.371 bits per heavy atom. The van der Waals surface area contributed by atoms with Gasteiger partial charge >= 0.3 is 7.12 Å². The SMILES string of the molecule is CCCCCCCCC1(CCCCCCCC)c2cc(C)ccc2-c2cc3c(cc21)-c1ccc(B2OC(C)(C)C(C)(C)O2)cc1C3(CCCCCCCC)CCCCCCCC. The molecule has 0 N–H and O–H groups in total. The number of aryl methyl sites for hydroxylation is 1. The van der Waals surface area contributed by atoms with E-state index in [4.69, 9.17) is 9.31 Å². The lowest BCUT2D eigenvalue weighted by molar-refractivity contribution is 0.00578. The van der Waals surface area contributed by atoms with Crippen molar-refractivity contribution in [3.8, 4) is 22.3 Å². The van der Waals surface area contributed by atoms with E-state index in [-0.39, 0.29) is 29.2 Å². The van der Waals surface area contributed by atoms with Gasteiger partial charge in [0.25, 0.3) is 0 Å². The molecular formula is C59H91BO2. The lowest BCUT2D eigenvalue weighted by atomic mass is 9.67. The van der Waals surface area contributed by atoms with E-state index >= 15 is 0 Å². The second kappa shape index (κ2) is 22.7. The van der Waals surface area contributed by atoms with Crippen LogP contribution in [0.15, 0.2) is 48.5 Å². The van der Waals surface area contributed by atoms with Gasteiger partial charge in [-0.3, -0.25) is 0 Å². The highest BCUT2D eigenvalue weighted by atomic mass is 16.7. The van der Waals surface area contributed by atoms with Crippen molar-refractivity contribution in [2.45, 2.75) is 264 Å². The maximum Gasteiger partial charge on any atom is 0.494 e. The van der Waals surface area contributed by atoms with Gasteiger partial charge in [-0.1, -0.05) is 224 Å². The number of unbranched alkanes of at least 4 members (excludes halogenated alkanes) is 20. The predicted octanol–water partition coefficient (Wildman–Crippen LogP) is 17.8. The number of hydrogen-bond acceptors (Lipinski definition) is 2. The molecule has 1 heterocycles. The summed E-state index contributed by atoms with van der Waals surface area (Å²) in [6, 6.07) is 20.6. The Balaban J connectivity index is 1.49. The summed E-state index contributed by atoms with van der Waals surface area (Å²) in [4.78, 5) is 0. The van der Waals surface area contributed by atoms with Crippen LogP contribution in [-0.4, -0.2) is 18.3 Å². The first-order valence-corrected chi connectivity index (χ1v) is 26.8. The molecule has 2 nitrogen and oxygen atoms in total. The molecule has 3 heteroatoms. The monoisotopic (exact) mass is 843 g/mol. The third-order valence-corrected chi connectivity index (χ3v) is 16.4. The fraction of sp³-hybridized carbons (Fsp3) is 0.695. The first-order valence-electron chi connectivity index (χ1n) is 26.8. The minimum Gasteiger partial charge on any atom is -0.399 e. The molecule has 0 radical (unpaired) electrons. The van der Waals surface area contributed by atoms with E-state index in [1.165, 1.54) is 207 Å². The van der Waals surface area contributed by atoms with Crippen molar-refractivity contribution in [2.75, 3.05) is 0 Å². The maximum absolute atomic E-state index is 6.78. The Morgan fingerprint density at radius 3 is 1.08 bits per heavy atom. The van der Waals surface area contributed by atoms with E-state index < -0.39 is 0 Å². The number of rotatable bonds is 29. The van der Waals surface area contributed by atoms with Crippen molar-refractivity contribution in [1.82, 2.24) is 0 Å². The van der Waals surface area contributed by atoms with Crippen LogP contribution in [-0.2, 0) is 20.1 Å². The number of fused-ring (bicyclic) bond motifs is 6. The van der Waals surface area contributed by atoms with Crippen LogP contribution in [0.2, 0.25) is 0 Å². The van der Waals surface area contributed by atoms with Crippen molar-refractivity contribution >= 4 is 12.6 Å². The van der Waals surface area contributed by atoms with E-state index in [2.05, 4.69) is 111 Å². The van der Waals surface area contributed by atoms with E-state index in [0.29, 0.717) is 0 Å². The third-order valence-electron chi connectivity index (χ3n) is 16.4. The molecule has 6 rings (SSSR count). The van der Waals surface area contributed by atoms with Crippen LogP contribution in [0.4, 0.5) is 0 Å². The second-order valence-electron chi connectivity index (χ2n) is 21.6. The minimum absolute atomic E-state index is 0.0104. The van der Waals surface area contributed by atoms with E-state index in [1.807, 2.05) is 0 Å². The zero-order chi connectivity index (χ0) is 44.2. The molecule has 62 heavy (non-hydrogen) atoms. The molecule has 342 valence electrons. The van der Waals surface area contributed by atoms with Crippen LogP contribution in [0.5, 0.6) is 0 Å². The quantitative estimate of drug-likeness (QED) is 0.0512. The van der Waals surface area contributed by atoms with Crippen molar-refractivity contribution in [3.63, 3.8) is 0 Å². The third kappa shape index (κ3) is 10.8. The average molecular weight is 843 g/mol. The zero-order valence-corrected chi connectivity index (χ0v) is 41.8. The van der Waals surface area contributed by atoms with Gasteiger partial charge in [-0.2, -0.15) is 0 Å². The molecule has 3 aromatic carbocycles. The Morgan fingerprint density at radius 2 is 0.694 bits per heavy atom. The fourth-order valence-electron chi connectivity index (χ4n) is 11.9. The number of hydrogen-bond donors (Lipinski definition) is 0. The van der Waals surface area contributed by atoms with Crippen LogP contribution in [0.25, 0.3) is 22.3 Å². The summed E-state index contributed by atoms with van der Waals surface area (Å²) in [6.07, 6.45) is 37.2. The Kier molecular flexibility index (Phi) is 18.0. The summed E-state index contributed by atoms with van der Waals surface area (Å²) in [6.45, 7) is 20.5. The van der Waals surface area contributed by atoms with Crippen molar-refractivity contribution in [2.24, 2.45) is 0 Å². The largest absolute Gasteiger partial charge is 0.494 e. The molecule has 0 bridgehead atoms. The molecule has 0 amide bonds. The molecule has 0 unspecified atom stereocenters. The van der Waals surface area contributed by atoms with Gasteiger partial charge in [-0.25, -0.2) is 0 Å². The molecular weight excluding hydrogens is 751 g/mol. The van der Waals surface area contributed by atoms with Gasteiger partial charge in [-0.15, -0.1) is 0 Å². The predicted molar refractivity (Wildman–Crippen MR) is 271 cm³/mol. The second-order valence-corrected chi connectivity index (χ2v) is 21.6. The highest BCUT2D eigenvalue weighted by Gasteiger charge is 2.53. The van der Waals surface area contributed by atoms with Gasteiger partial charge in [0.1, 0.15) is 0 Å². The maximum atomic E-state index is 6.78. The summed E-state index contributed by atoms with van der Waals surface area (Å²) in [5, 5.41) is 0. The standard InChI is InChI=1S/C59H91BO2/c1-10-14-18-22-26-30-38-58(39-31-27-23-19-15-11-2)52-42-46(5)34-36-48(52)50-44-55-51(45-54(50)58)49-37-35-47(60-61-56(6,7)57(8,9)62-60)43-53(49)59(55,40-32-28-24-20-16-12-3)41-33-29-25-21-17-13-4/h34-37,42-45H,10-33,38-41H2,1-9H3. The summed E-state index contributed by atoms with van der Waals surface area (Å²) in [5.74, 6) is 0. The summed E-state index contributed by atoms with van der Waals surface area (Å²) >= 11 is 0. The van der Waals surface area contributed by atoms with E-state index in [0.717, 1.165) is 0 Å². The van der Waals surface area contributed by atoms with Crippen LogP contribution >= 0.6 is 0 Å². The molecule has 1 aliphatic heterocycles. The lowest BCUT2D eigenvalue weighted by Gasteiger charge is -2.35. The van der Waals surface area contributed by atoms with Crippen LogP contribution in [0.1, 0.15) is 263 Å². The first kappa shape index (κ1) is 49.1. The first-order chi connectivity index (χ1) is 30.0. The van der Waals surface area contributed by atoms with Crippen molar-refractivity contribution in [3.05, 3.63) is 76.3 Å². The molecule has 0 spiro atoms. The highest BCUT2D eigenvalue weighted by molar-refractivity contribution is 6.62. The van der Waals surface area contributed by atoms with Crippen LogP contribution < -0.4 is 5.46 Å². The molecule has 2 aliphatic carbocycles. The van der Waals surface area contributed by atoms with Crippen molar-refractivity contribution < 1.29 is 9.31 Å². The van der Waals surface area contributed by atoms with Gasteiger partial charge < -0.3 is 9.31 Å². The van der Waals surface area contributed by atoms with Gasteiger partial charge in [-0.05, 0) is 122 Å². The molecule has 3 aromatic rings. The van der Waals surface area contributed by atoms with Gasteiger partial charge in [0, 0.05) is 10.8 Å². The van der Waals surface area contributed by atoms with Gasteiger partial charge in [0.2, 0.25) is 0 Å². The Hall–Kier alpha value is -2.36. The smallest absolute Gasteiger partial charge is 0.399 e.